The molecule has 0 N–H and O–H groups in total. The van der Waals surface area contributed by atoms with E-state index in [1.807, 2.05) is 6.07 Å². The molecule has 1 amide bonds. The number of piperidine rings is 1. The zero-order valence-electron chi connectivity index (χ0n) is 16.7. The van der Waals surface area contributed by atoms with E-state index in [1.165, 1.54) is 42.7 Å². The molecule has 0 saturated carbocycles. The number of anilines is 1. The largest absolute Gasteiger partial charge is 0.455 e. The number of hydrogen-bond donors (Lipinski definition) is 0. The van der Waals surface area contributed by atoms with Crippen LogP contribution in [0.2, 0.25) is 0 Å². The molecule has 0 spiro atoms. The minimum absolute atomic E-state index is 0.116. The molecular weight excluding hydrogens is 372 g/mol. The molecule has 2 saturated heterocycles. The summed E-state index contributed by atoms with van der Waals surface area (Å²) in [5, 5.41) is 0.782. The number of hydrogen-bond acceptors (Lipinski definition) is 6. The fourth-order valence-corrected chi connectivity index (χ4v) is 6.11. The minimum atomic E-state index is -0.116. The van der Waals surface area contributed by atoms with E-state index in [-0.39, 0.29) is 5.91 Å². The number of aromatic nitrogens is 1. The normalized spacial score (nSPS) is 25.1. The molecule has 5 rings (SSSR count). The van der Waals surface area contributed by atoms with E-state index in [0.29, 0.717) is 17.8 Å². The van der Waals surface area contributed by atoms with Gasteiger partial charge in [-0.1, -0.05) is 17.8 Å². The van der Waals surface area contributed by atoms with Crippen LogP contribution in [0.3, 0.4) is 0 Å². The first kappa shape index (κ1) is 18.3. The third-order valence-electron chi connectivity index (χ3n) is 6.58. The molecular formula is C21H28N4O2S. The molecule has 2 fully saturated rings. The maximum absolute atomic E-state index is 13.0. The van der Waals surface area contributed by atoms with Crippen molar-refractivity contribution in [1.29, 1.82) is 0 Å². The van der Waals surface area contributed by atoms with Crippen molar-refractivity contribution in [3.63, 3.8) is 0 Å². The highest BCUT2D eigenvalue weighted by Crippen LogP contribution is 2.46. The molecule has 0 aliphatic carbocycles. The van der Waals surface area contributed by atoms with Crippen LogP contribution in [0.4, 0.5) is 5.13 Å². The van der Waals surface area contributed by atoms with E-state index in [4.69, 9.17) is 9.40 Å². The molecule has 2 aromatic heterocycles. The van der Waals surface area contributed by atoms with Crippen LogP contribution in [0.5, 0.6) is 0 Å². The number of nitrogens with zero attached hydrogens (tertiary/aromatic N) is 4. The van der Waals surface area contributed by atoms with Gasteiger partial charge >= 0.3 is 0 Å². The van der Waals surface area contributed by atoms with Crippen LogP contribution in [0.1, 0.15) is 65.0 Å². The summed E-state index contributed by atoms with van der Waals surface area (Å²) in [6.07, 6.45) is 7.27. The van der Waals surface area contributed by atoms with Crippen LogP contribution in [-0.4, -0.2) is 53.9 Å². The summed E-state index contributed by atoms with van der Waals surface area (Å²) >= 11 is 1.67. The molecule has 7 heteroatoms. The van der Waals surface area contributed by atoms with Gasteiger partial charge in [-0.15, -0.1) is 0 Å². The van der Waals surface area contributed by atoms with Crippen LogP contribution < -0.4 is 4.90 Å². The van der Waals surface area contributed by atoms with Gasteiger partial charge in [0.1, 0.15) is 5.76 Å². The minimum Gasteiger partial charge on any atom is -0.455 e. The van der Waals surface area contributed by atoms with Crippen molar-refractivity contribution in [3.8, 4) is 0 Å². The zero-order valence-corrected chi connectivity index (χ0v) is 17.5. The Bertz CT molecular complexity index is 870. The SMILES string of the molecule is CN(C(=O)c1ccc(CN2CCCCC2)o1)c1nc2c(s1)C1CCC(C2)N1C. The Labute approximate surface area is 170 Å². The molecule has 6 nitrogen and oxygen atoms in total. The number of furan rings is 1. The summed E-state index contributed by atoms with van der Waals surface area (Å²) in [7, 11) is 4.02. The molecule has 28 heavy (non-hydrogen) atoms. The van der Waals surface area contributed by atoms with Gasteiger partial charge in [0, 0.05) is 30.4 Å². The Morgan fingerprint density at radius 3 is 2.93 bits per heavy atom. The second-order valence-electron chi connectivity index (χ2n) is 8.39. The fraction of sp³-hybridized carbons (Fsp3) is 0.619. The van der Waals surface area contributed by atoms with Gasteiger partial charge in [0.15, 0.2) is 10.9 Å². The first-order valence-electron chi connectivity index (χ1n) is 10.4. The molecule has 2 atom stereocenters. The summed E-state index contributed by atoms with van der Waals surface area (Å²) in [5.74, 6) is 1.16. The van der Waals surface area contributed by atoms with Crippen LogP contribution in [-0.2, 0) is 13.0 Å². The van der Waals surface area contributed by atoms with Crippen molar-refractivity contribution in [2.45, 2.75) is 57.2 Å². The summed E-state index contributed by atoms with van der Waals surface area (Å²) in [6, 6.07) is 4.83. The van der Waals surface area contributed by atoms with Crippen molar-refractivity contribution in [3.05, 3.63) is 34.2 Å². The van der Waals surface area contributed by atoms with Crippen molar-refractivity contribution < 1.29 is 9.21 Å². The number of thiazole rings is 1. The number of carbonyl (C=O) groups excluding carboxylic acids is 1. The van der Waals surface area contributed by atoms with Crippen LogP contribution in [0.25, 0.3) is 0 Å². The van der Waals surface area contributed by atoms with Gasteiger partial charge in [0.2, 0.25) is 0 Å². The van der Waals surface area contributed by atoms with Gasteiger partial charge in [-0.25, -0.2) is 4.98 Å². The molecule has 2 unspecified atom stereocenters. The molecule has 0 radical (unpaired) electrons. The Kier molecular flexibility index (Phi) is 4.77. The van der Waals surface area contributed by atoms with E-state index in [2.05, 4.69) is 16.8 Å². The molecule has 3 aliphatic heterocycles. The standard InChI is InChI=1S/C21H28N4O2S/c1-23-14-6-8-17(23)19-16(12-14)22-21(28-19)24(2)20(26)18-9-7-15(27-18)13-25-10-4-3-5-11-25/h7,9,14,17H,3-6,8,10-13H2,1-2H3. The predicted octanol–water partition coefficient (Wildman–Crippen LogP) is 3.69. The quantitative estimate of drug-likeness (QED) is 0.783. The highest BCUT2D eigenvalue weighted by atomic mass is 32.1. The second-order valence-corrected chi connectivity index (χ2v) is 9.40. The molecule has 0 aromatic carbocycles. The molecule has 2 aromatic rings. The molecule has 150 valence electrons. The number of likely N-dealkylation sites (tertiary alicyclic amines) is 1. The van der Waals surface area contributed by atoms with Crippen molar-refractivity contribution in [2.75, 3.05) is 32.1 Å². The van der Waals surface area contributed by atoms with Gasteiger partial charge in [-0.05, 0) is 58.0 Å². The average molecular weight is 401 g/mol. The molecule has 5 heterocycles. The average Bonchev–Trinajstić information content (AvgIpc) is 3.40. The summed E-state index contributed by atoms with van der Waals surface area (Å²) in [4.78, 5) is 25.7. The third-order valence-corrected chi connectivity index (χ3v) is 7.86. The monoisotopic (exact) mass is 400 g/mol. The van der Waals surface area contributed by atoms with Crippen LogP contribution >= 0.6 is 11.3 Å². The van der Waals surface area contributed by atoms with E-state index in [0.717, 1.165) is 36.9 Å². The van der Waals surface area contributed by atoms with E-state index in [1.54, 1.807) is 29.4 Å². The van der Waals surface area contributed by atoms with Gasteiger partial charge < -0.3 is 4.42 Å². The lowest BCUT2D eigenvalue weighted by Gasteiger charge is -2.29. The number of fused-ring (bicyclic) bond motifs is 4. The lowest BCUT2D eigenvalue weighted by atomic mass is 10.1. The smallest absolute Gasteiger partial charge is 0.295 e. The Morgan fingerprint density at radius 2 is 2.11 bits per heavy atom. The van der Waals surface area contributed by atoms with Crippen molar-refractivity contribution in [1.82, 2.24) is 14.8 Å². The lowest BCUT2D eigenvalue weighted by Crippen LogP contribution is -2.33. The molecule has 2 bridgehead atoms. The van der Waals surface area contributed by atoms with Gasteiger partial charge in [-0.3, -0.25) is 19.5 Å². The Morgan fingerprint density at radius 1 is 1.29 bits per heavy atom. The van der Waals surface area contributed by atoms with E-state index < -0.39 is 0 Å². The van der Waals surface area contributed by atoms with E-state index >= 15 is 0 Å². The van der Waals surface area contributed by atoms with Gasteiger partial charge in [0.05, 0.1) is 12.2 Å². The maximum Gasteiger partial charge on any atom is 0.295 e. The molecule has 3 aliphatic rings. The Hall–Kier alpha value is -1.70. The van der Waals surface area contributed by atoms with Gasteiger partial charge in [0.25, 0.3) is 5.91 Å². The highest BCUT2D eigenvalue weighted by molar-refractivity contribution is 7.16. The number of likely N-dealkylation sites (N-methyl/N-ethyl adjacent to an activating group) is 1. The Balaban J connectivity index is 1.30. The number of rotatable bonds is 4. The van der Waals surface area contributed by atoms with Crippen LogP contribution in [0.15, 0.2) is 16.5 Å². The highest BCUT2D eigenvalue weighted by Gasteiger charge is 2.40. The number of carbonyl (C=O) groups is 1. The van der Waals surface area contributed by atoms with Crippen LogP contribution in [0, 0.1) is 0 Å². The predicted molar refractivity (Wildman–Crippen MR) is 110 cm³/mol. The summed E-state index contributed by atoms with van der Waals surface area (Å²) in [5.41, 5.74) is 1.19. The third kappa shape index (κ3) is 3.19. The van der Waals surface area contributed by atoms with Crippen molar-refractivity contribution in [2.24, 2.45) is 0 Å². The first-order valence-corrected chi connectivity index (χ1v) is 11.2. The summed E-state index contributed by atoms with van der Waals surface area (Å²) < 4.78 is 5.90. The summed E-state index contributed by atoms with van der Waals surface area (Å²) in [6.45, 7) is 3.02. The maximum atomic E-state index is 13.0. The van der Waals surface area contributed by atoms with Gasteiger partial charge in [-0.2, -0.15) is 0 Å². The number of amides is 1. The fourth-order valence-electron chi connectivity index (χ4n) is 4.87. The lowest BCUT2D eigenvalue weighted by molar-refractivity contribution is 0.0962. The van der Waals surface area contributed by atoms with Crippen molar-refractivity contribution >= 4 is 22.4 Å². The second kappa shape index (κ2) is 7.28. The zero-order chi connectivity index (χ0) is 19.3. The van der Waals surface area contributed by atoms with E-state index in [9.17, 15) is 4.79 Å². The topological polar surface area (TPSA) is 52.8 Å². The first-order chi connectivity index (χ1) is 13.6.